The molecule has 17 heteroatoms. The van der Waals surface area contributed by atoms with Gasteiger partial charge in [0.2, 0.25) is 11.8 Å². The quantitative estimate of drug-likeness (QED) is 0.0633. The highest BCUT2D eigenvalue weighted by atomic mass is 16.7. The Morgan fingerprint density at radius 3 is 2.05 bits per heavy atom. The van der Waals surface area contributed by atoms with Crippen molar-refractivity contribution in [3.63, 3.8) is 0 Å². The number of alkyl carbamates (subject to hydrolysis) is 1. The maximum Gasteiger partial charge on any atom is 0.514 e. The lowest BCUT2D eigenvalue weighted by atomic mass is 9.89. The summed E-state index contributed by atoms with van der Waals surface area (Å²) in [4.78, 5) is 103. The Kier molecular flexibility index (Phi) is 16.1. The van der Waals surface area contributed by atoms with Crippen molar-refractivity contribution >= 4 is 53.4 Å². The summed E-state index contributed by atoms with van der Waals surface area (Å²) >= 11 is 0. The van der Waals surface area contributed by atoms with E-state index >= 15 is 0 Å². The number of benzene rings is 2. The fourth-order valence-electron chi connectivity index (χ4n) is 5.44. The minimum Gasteiger partial charge on any atom is -0.444 e. The molecule has 17 nitrogen and oxygen atoms in total. The van der Waals surface area contributed by atoms with Crippen LogP contribution < -0.4 is 31.7 Å². The molecule has 1 heterocycles. The van der Waals surface area contributed by atoms with E-state index in [4.69, 9.17) is 19.9 Å². The van der Waals surface area contributed by atoms with E-state index in [9.17, 15) is 38.4 Å². The Morgan fingerprint density at radius 2 is 1.48 bits per heavy atom. The molecule has 1 aliphatic rings. The summed E-state index contributed by atoms with van der Waals surface area (Å²) in [7, 11) is 0. The van der Waals surface area contributed by atoms with Gasteiger partial charge in [0.15, 0.2) is 5.78 Å². The molecule has 3 rings (SSSR count). The van der Waals surface area contributed by atoms with Gasteiger partial charge < -0.3 is 41.2 Å². The molecule has 0 saturated carbocycles. The van der Waals surface area contributed by atoms with Crippen LogP contribution in [0.15, 0.2) is 60.7 Å². The Hall–Kier alpha value is -6.26. The van der Waals surface area contributed by atoms with Crippen molar-refractivity contribution in [1.82, 2.24) is 20.9 Å². The smallest absolute Gasteiger partial charge is 0.444 e. The van der Waals surface area contributed by atoms with Gasteiger partial charge in [0, 0.05) is 36.7 Å². The van der Waals surface area contributed by atoms with Crippen LogP contribution in [-0.2, 0) is 40.1 Å². The number of carbonyl (C=O) groups excluding carboxylic acids is 8. The number of ketones is 1. The third kappa shape index (κ3) is 14.5. The molecule has 1 aliphatic heterocycles. The molecule has 2 aromatic carbocycles. The second-order valence-electron chi connectivity index (χ2n) is 14.4. The summed E-state index contributed by atoms with van der Waals surface area (Å²) in [5.74, 6) is -4.58. The summed E-state index contributed by atoms with van der Waals surface area (Å²) in [5, 5.41) is 10.2. The molecule has 0 aliphatic carbocycles. The summed E-state index contributed by atoms with van der Waals surface area (Å²) in [6.45, 7) is 9.69. The van der Waals surface area contributed by atoms with Crippen LogP contribution in [0.2, 0.25) is 0 Å². The lowest BCUT2D eigenvalue weighted by Gasteiger charge is -2.30. The maximum absolute atomic E-state index is 13.8. The van der Waals surface area contributed by atoms with Crippen LogP contribution in [0.5, 0.6) is 5.75 Å². The Morgan fingerprint density at radius 1 is 0.857 bits per heavy atom. The molecule has 302 valence electrons. The topological polar surface area (TPSA) is 242 Å². The van der Waals surface area contributed by atoms with Crippen LogP contribution in [0.3, 0.4) is 0 Å². The van der Waals surface area contributed by atoms with Gasteiger partial charge in [0.25, 0.3) is 11.8 Å². The van der Waals surface area contributed by atoms with Gasteiger partial charge in [0.1, 0.15) is 24.0 Å². The SMILES string of the molecule is Cc1ccc(OC(=O)OCc2ccc(NC(=O)[C@H](CCCNC(N)=O)CC(=O)[C@@H](NC(=O)C(CNC(=O)OC(C)(C)C)N3C(=O)C=CC3=O)C(C)C)cc2)cc1. The van der Waals surface area contributed by atoms with Crippen molar-refractivity contribution in [2.75, 3.05) is 18.4 Å². The fourth-order valence-corrected chi connectivity index (χ4v) is 5.44. The van der Waals surface area contributed by atoms with Crippen LogP contribution >= 0.6 is 0 Å². The normalized spacial score (nSPS) is 14.0. The molecule has 56 heavy (non-hydrogen) atoms. The van der Waals surface area contributed by atoms with Gasteiger partial charge in [-0.3, -0.25) is 28.9 Å². The van der Waals surface area contributed by atoms with E-state index in [0.29, 0.717) is 21.9 Å². The zero-order chi connectivity index (χ0) is 41.6. The van der Waals surface area contributed by atoms with Gasteiger partial charge in [-0.2, -0.15) is 0 Å². The van der Waals surface area contributed by atoms with Gasteiger partial charge in [-0.15, -0.1) is 0 Å². The number of imide groups is 1. The highest BCUT2D eigenvalue weighted by Gasteiger charge is 2.39. The number of primary amides is 1. The molecule has 2 aromatic rings. The number of urea groups is 1. The van der Waals surface area contributed by atoms with E-state index in [-0.39, 0.29) is 32.4 Å². The number of nitrogens with zero attached hydrogens (tertiary/aromatic N) is 1. The Balaban J connectivity index is 1.70. The van der Waals surface area contributed by atoms with E-state index in [1.54, 1.807) is 83.1 Å². The number of aryl methyl sites for hydroxylation is 1. The van der Waals surface area contributed by atoms with Crippen molar-refractivity contribution in [3.8, 4) is 5.75 Å². The van der Waals surface area contributed by atoms with E-state index in [1.807, 2.05) is 6.92 Å². The van der Waals surface area contributed by atoms with Gasteiger partial charge in [-0.05, 0) is 76.3 Å². The monoisotopic (exact) mass is 778 g/mol. The second kappa shape index (κ2) is 20.4. The summed E-state index contributed by atoms with van der Waals surface area (Å²) in [6.07, 6.45) is 0.307. The van der Waals surface area contributed by atoms with Crippen LogP contribution in [0.4, 0.5) is 20.1 Å². The molecule has 7 amide bonds. The van der Waals surface area contributed by atoms with Gasteiger partial charge >= 0.3 is 18.3 Å². The minimum absolute atomic E-state index is 0.0975. The van der Waals surface area contributed by atoms with E-state index in [2.05, 4.69) is 21.3 Å². The molecular formula is C39H50N6O11. The highest BCUT2D eigenvalue weighted by Crippen LogP contribution is 2.21. The van der Waals surface area contributed by atoms with Crippen molar-refractivity contribution in [2.45, 2.75) is 85.1 Å². The molecule has 1 unspecified atom stereocenters. The molecule has 0 spiro atoms. The summed E-state index contributed by atoms with van der Waals surface area (Å²) in [5.41, 5.74) is 6.31. The average Bonchev–Trinajstić information content (AvgIpc) is 3.44. The standard InChI is InChI=1S/C39H50N6O11/c1-23(2)33(44-35(50)29(45-31(47)17-18-32(45)48)21-42-37(52)56-39(4,5)6)30(46)20-26(8-7-19-41-36(40)51)34(49)43-27-13-11-25(12-14-27)22-54-38(53)55-28-15-9-24(3)10-16-28/h9-18,23,26,29,33H,7-8,19-22H2,1-6H3,(H,42,52)(H,43,49)(H,44,50)(H3,40,41,51)/t26-,29?,33+/m1/s1. The van der Waals surface area contributed by atoms with E-state index < -0.39 is 83.8 Å². The first kappa shape index (κ1) is 44.1. The van der Waals surface area contributed by atoms with Crippen LogP contribution in [-0.4, -0.2) is 83.4 Å². The van der Waals surface area contributed by atoms with Gasteiger partial charge in [-0.1, -0.05) is 43.7 Å². The van der Waals surface area contributed by atoms with E-state index in [0.717, 1.165) is 17.7 Å². The van der Waals surface area contributed by atoms with Gasteiger partial charge in [-0.25, -0.2) is 14.4 Å². The van der Waals surface area contributed by atoms with E-state index in [1.165, 1.54) is 0 Å². The number of amides is 7. The van der Waals surface area contributed by atoms with Crippen LogP contribution in [0, 0.1) is 18.8 Å². The first-order valence-corrected chi connectivity index (χ1v) is 18.0. The van der Waals surface area contributed by atoms with Gasteiger partial charge in [0.05, 0.1) is 12.6 Å². The number of Topliss-reactive ketones (excluding diaryl/α,β-unsaturated/α-hetero) is 1. The first-order valence-electron chi connectivity index (χ1n) is 18.0. The molecule has 3 atom stereocenters. The fraction of sp³-hybridized carbons (Fsp3) is 0.436. The van der Waals surface area contributed by atoms with Crippen LogP contribution in [0.25, 0.3) is 0 Å². The lowest BCUT2D eigenvalue weighted by Crippen LogP contribution is -2.58. The van der Waals surface area contributed by atoms with Crippen molar-refractivity contribution < 1.29 is 52.6 Å². The number of rotatable bonds is 18. The summed E-state index contributed by atoms with van der Waals surface area (Å²) in [6, 6.07) is 9.88. The number of nitrogens with one attached hydrogen (secondary N) is 4. The molecule has 6 N–H and O–H groups in total. The number of hydrogen-bond acceptors (Lipinski definition) is 11. The molecule has 0 aromatic heterocycles. The maximum atomic E-state index is 13.8. The van der Waals surface area contributed by atoms with Crippen molar-refractivity contribution in [3.05, 3.63) is 71.8 Å². The van der Waals surface area contributed by atoms with Crippen molar-refractivity contribution in [1.29, 1.82) is 0 Å². The third-order valence-corrected chi connectivity index (χ3v) is 8.25. The molecular weight excluding hydrogens is 728 g/mol. The number of anilines is 1. The molecule has 0 fully saturated rings. The second-order valence-corrected chi connectivity index (χ2v) is 14.4. The number of hydrogen-bond donors (Lipinski definition) is 5. The zero-order valence-corrected chi connectivity index (χ0v) is 32.3. The molecule has 0 bridgehead atoms. The molecule has 0 saturated heterocycles. The average molecular weight is 779 g/mol. The lowest BCUT2D eigenvalue weighted by molar-refractivity contribution is -0.146. The first-order chi connectivity index (χ1) is 26.3. The minimum atomic E-state index is -1.53. The Labute approximate surface area is 325 Å². The van der Waals surface area contributed by atoms with Crippen molar-refractivity contribution in [2.24, 2.45) is 17.6 Å². The summed E-state index contributed by atoms with van der Waals surface area (Å²) < 4.78 is 15.6. The number of ether oxygens (including phenoxy) is 3. The largest absolute Gasteiger partial charge is 0.514 e. The third-order valence-electron chi connectivity index (χ3n) is 8.25. The zero-order valence-electron chi connectivity index (χ0n) is 32.3. The highest BCUT2D eigenvalue weighted by molar-refractivity contribution is 6.15. The number of carbonyl (C=O) groups is 8. The molecule has 0 radical (unpaired) electrons. The van der Waals surface area contributed by atoms with Crippen LogP contribution in [0.1, 0.15) is 65.0 Å². The predicted molar refractivity (Wildman–Crippen MR) is 203 cm³/mol. The Bertz CT molecular complexity index is 1770. The predicted octanol–water partition coefficient (Wildman–Crippen LogP) is 3.63. The number of nitrogens with two attached hydrogens (primary N) is 1.